The summed E-state index contributed by atoms with van der Waals surface area (Å²) in [5, 5.41) is 8.76. The molecular formula is C10H16N2O4S. The van der Waals surface area contributed by atoms with Crippen LogP contribution in [0.25, 0.3) is 0 Å². The smallest absolute Gasteiger partial charge is 0.258 e. The maximum absolute atomic E-state index is 11.7. The van der Waals surface area contributed by atoms with Gasteiger partial charge in [-0.1, -0.05) is 6.07 Å². The number of aliphatic hydroxyl groups excluding tert-OH is 1. The number of nitrogens with zero attached hydrogens (tertiary/aromatic N) is 1. The molecule has 6 nitrogen and oxygen atoms in total. The van der Waals surface area contributed by atoms with Crippen molar-refractivity contribution in [2.75, 3.05) is 20.3 Å². The predicted molar refractivity (Wildman–Crippen MR) is 61.8 cm³/mol. The Balaban J connectivity index is 2.62. The lowest BCUT2D eigenvalue weighted by molar-refractivity contribution is 0.196. The molecular weight excluding hydrogens is 244 g/mol. The molecule has 0 fully saturated rings. The average molecular weight is 260 g/mol. The molecule has 96 valence electrons. The standard InChI is InChI=1S/C10H16N2O4S/c1-16-6-2-5-12-17(14,15)10-4-3-9(8-13)7-11-10/h3-4,7,12-13H,2,5-6,8H2,1H3. The highest BCUT2D eigenvalue weighted by atomic mass is 32.2. The molecule has 1 aromatic rings. The Morgan fingerprint density at radius 3 is 2.76 bits per heavy atom. The summed E-state index contributed by atoms with van der Waals surface area (Å²) >= 11 is 0. The van der Waals surface area contributed by atoms with Gasteiger partial charge in [0.1, 0.15) is 0 Å². The van der Waals surface area contributed by atoms with Crippen LogP contribution in [0.4, 0.5) is 0 Å². The van der Waals surface area contributed by atoms with Crippen LogP contribution in [0, 0.1) is 0 Å². The first kappa shape index (κ1) is 14.0. The molecule has 1 aromatic heterocycles. The van der Waals surface area contributed by atoms with Gasteiger partial charge in [0.15, 0.2) is 5.03 Å². The van der Waals surface area contributed by atoms with Crippen LogP contribution in [0.1, 0.15) is 12.0 Å². The van der Waals surface area contributed by atoms with Gasteiger partial charge >= 0.3 is 0 Å². The Morgan fingerprint density at radius 2 is 2.24 bits per heavy atom. The average Bonchev–Trinajstić information content (AvgIpc) is 2.35. The van der Waals surface area contributed by atoms with E-state index in [9.17, 15) is 8.42 Å². The van der Waals surface area contributed by atoms with Crippen LogP contribution < -0.4 is 4.72 Å². The normalized spacial score (nSPS) is 11.6. The number of sulfonamides is 1. The number of pyridine rings is 1. The third-order valence-corrected chi connectivity index (χ3v) is 3.45. The molecule has 1 heterocycles. The molecule has 1 rings (SSSR count). The third-order valence-electron chi connectivity index (χ3n) is 2.07. The van der Waals surface area contributed by atoms with E-state index in [1.807, 2.05) is 0 Å². The van der Waals surface area contributed by atoms with E-state index in [-0.39, 0.29) is 11.6 Å². The SMILES string of the molecule is COCCCNS(=O)(=O)c1ccc(CO)cn1. The quantitative estimate of drug-likeness (QED) is 0.668. The fraction of sp³-hybridized carbons (Fsp3) is 0.500. The number of aliphatic hydroxyl groups is 1. The van der Waals surface area contributed by atoms with Crippen LogP contribution in [0.2, 0.25) is 0 Å². The summed E-state index contributed by atoms with van der Waals surface area (Å²) < 4.78 is 30.7. The molecule has 0 unspecified atom stereocenters. The van der Waals surface area contributed by atoms with Crippen molar-refractivity contribution < 1.29 is 18.3 Å². The molecule has 0 spiro atoms. The van der Waals surface area contributed by atoms with Crippen LogP contribution in [0.3, 0.4) is 0 Å². The molecule has 0 aromatic carbocycles. The minimum atomic E-state index is -3.56. The number of hydrogen-bond acceptors (Lipinski definition) is 5. The Bertz CT molecular complexity index is 430. The largest absolute Gasteiger partial charge is 0.392 e. The second kappa shape index (κ2) is 6.65. The lowest BCUT2D eigenvalue weighted by Gasteiger charge is -2.06. The monoisotopic (exact) mass is 260 g/mol. The van der Waals surface area contributed by atoms with Gasteiger partial charge in [0.05, 0.1) is 6.61 Å². The molecule has 0 atom stereocenters. The van der Waals surface area contributed by atoms with Gasteiger partial charge in [0.2, 0.25) is 0 Å². The van der Waals surface area contributed by atoms with Gasteiger partial charge in [-0.25, -0.2) is 18.1 Å². The molecule has 0 radical (unpaired) electrons. The van der Waals surface area contributed by atoms with E-state index in [2.05, 4.69) is 9.71 Å². The number of rotatable bonds is 7. The maximum atomic E-state index is 11.7. The van der Waals surface area contributed by atoms with E-state index in [0.717, 1.165) is 0 Å². The highest BCUT2D eigenvalue weighted by Gasteiger charge is 2.14. The molecule has 2 N–H and O–H groups in total. The summed E-state index contributed by atoms with van der Waals surface area (Å²) in [4.78, 5) is 3.78. The lowest BCUT2D eigenvalue weighted by Crippen LogP contribution is -2.26. The zero-order valence-corrected chi connectivity index (χ0v) is 10.4. The highest BCUT2D eigenvalue weighted by molar-refractivity contribution is 7.89. The van der Waals surface area contributed by atoms with Gasteiger partial charge in [-0.2, -0.15) is 0 Å². The summed E-state index contributed by atoms with van der Waals surface area (Å²) in [6.45, 7) is 0.646. The van der Waals surface area contributed by atoms with Crippen LogP contribution in [-0.2, 0) is 21.4 Å². The molecule has 0 aliphatic rings. The summed E-state index contributed by atoms with van der Waals surface area (Å²) in [6.07, 6.45) is 1.94. The van der Waals surface area contributed by atoms with E-state index >= 15 is 0 Å². The first-order valence-corrected chi connectivity index (χ1v) is 6.63. The first-order chi connectivity index (χ1) is 8.10. The number of aromatic nitrogens is 1. The van der Waals surface area contributed by atoms with Gasteiger partial charge in [0.25, 0.3) is 10.0 Å². The van der Waals surface area contributed by atoms with Crippen molar-refractivity contribution in [3.8, 4) is 0 Å². The molecule has 17 heavy (non-hydrogen) atoms. The van der Waals surface area contributed by atoms with Crippen LogP contribution >= 0.6 is 0 Å². The lowest BCUT2D eigenvalue weighted by atomic mass is 10.3. The van der Waals surface area contributed by atoms with Crippen molar-refractivity contribution in [2.45, 2.75) is 18.1 Å². The molecule has 0 saturated heterocycles. The van der Waals surface area contributed by atoms with Crippen LogP contribution in [-0.4, -0.2) is 38.8 Å². The van der Waals surface area contributed by atoms with Crippen molar-refractivity contribution in [1.29, 1.82) is 0 Å². The van der Waals surface area contributed by atoms with Crippen molar-refractivity contribution in [3.63, 3.8) is 0 Å². The molecule has 7 heteroatoms. The molecule has 0 aliphatic heterocycles. The van der Waals surface area contributed by atoms with E-state index < -0.39 is 10.0 Å². The van der Waals surface area contributed by atoms with Gasteiger partial charge in [0, 0.05) is 26.5 Å². The number of nitrogens with one attached hydrogen (secondary N) is 1. The van der Waals surface area contributed by atoms with Crippen molar-refractivity contribution in [2.24, 2.45) is 0 Å². The number of methoxy groups -OCH3 is 1. The van der Waals surface area contributed by atoms with E-state index in [4.69, 9.17) is 9.84 Å². The maximum Gasteiger partial charge on any atom is 0.258 e. The number of ether oxygens (including phenoxy) is 1. The van der Waals surface area contributed by atoms with E-state index in [1.165, 1.54) is 18.3 Å². The second-order valence-corrected chi connectivity index (χ2v) is 5.12. The fourth-order valence-corrected chi connectivity index (χ4v) is 2.16. The fourth-order valence-electron chi connectivity index (χ4n) is 1.16. The van der Waals surface area contributed by atoms with Crippen molar-refractivity contribution in [1.82, 2.24) is 9.71 Å². The molecule has 0 amide bonds. The van der Waals surface area contributed by atoms with Crippen LogP contribution in [0.15, 0.2) is 23.4 Å². The number of hydrogen-bond donors (Lipinski definition) is 2. The predicted octanol–water partition coefficient (Wildman–Crippen LogP) is -0.111. The summed E-state index contributed by atoms with van der Waals surface area (Å²) in [5.41, 5.74) is 0.573. The van der Waals surface area contributed by atoms with Gasteiger partial charge < -0.3 is 9.84 Å². The second-order valence-electron chi connectivity index (χ2n) is 3.41. The van der Waals surface area contributed by atoms with E-state index in [1.54, 1.807) is 7.11 Å². The molecule has 0 bridgehead atoms. The molecule has 0 saturated carbocycles. The minimum absolute atomic E-state index is 0.0490. The summed E-state index contributed by atoms with van der Waals surface area (Å²) in [5.74, 6) is 0. The zero-order chi connectivity index (χ0) is 12.7. The van der Waals surface area contributed by atoms with Gasteiger partial charge in [-0.05, 0) is 18.1 Å². The van der Waals surface area contributed by atoms with Gasteiger partial charge in [-0.3, -0.25) is 0 Å². The highest BCUT2D eigenvalue weighted by Crippen LogP contribution is 2.06. The van der Waals surface area contributed by atoms with Gasteiger partial charge in [-0.15, -0.1) is 0 Å². The molecule has 0 aliphatic carbocycles. The first-order valence-electron chi connectivity index (χ1n) is 5.14. The van der Waals surface area contributed by atoms with Crippen LogP contribution in [0.5, 0.6) is 0 Å². The zero-order valence-electron chi connectivity index (χ0n) is 9.59. The summed E-state index contributed by atoms with van der Waals surface area (Å²) in [7, 11) is -2.00. The Hall–Kier alpha value is -1.02. The third kappa shape index (κ3) is 4.39. The topological polar surface area (TPSA) is 88.5 Å². The minimum Gasteiger partial charge on any atom is -0.392 e. The Labute approximate surface area is 101 Å². The summed E-state index contributed by atoms with van der Waals surface area (Å²) in [6, 6.07) is 2.89. The van der Waals surface area contributed by atoms with E-state index in [0.29, 0.717) is 25.1 Å². The Kier molecular flexibility index (Phi) is 5.49. The Morgan fingerprint density at radius 1 is 1.47 bits per heavy atom. The van der Waals surface area contributed by atoms with Crippen molar-refractivity contribution >= 4 is 10.0 Å². The van der Waals surface area contributed by atoms with Crippen molar-refractivity contribution in [3.05, 3.63) is 23.9 Å².